The number of anilines is 1. The zero-order chi connectivity index (χ0) is 14.2. The predicted molar refractivity (Wildman–Crippen MR) is 73.0 cm³/mol. The number of ether oxygens (including phenoxy) is 1. The molecule has 0 spiro atoms. The second kappa shape index (κ2) is 5.21. The fourth-order valence-electron chi connectivity index (χ4n) is 2.54. The van der Waals surface area contributed by atoms with Crippen LogP contribution in [0.25, 0.3) is 0 Å². The molecule has 2 atom stereocenters. The molecule has 0 saturated carbocycles. The Kier molecular flexibility index (Phi) is 3.80. The number of carbonyl (C=O) groups is 1. The van der Waals surface area contributed by atoms with Crippen molar-refractivity contribution in [2.75, 3.05) is 18.8 Å². The Balaban J connectivity index is 2.29. The van der Waals surface area contributed by atoms with Crippen LogP contribution in [0.5, 0.6) is 0 Å². The number of aryl methyl sites for hydroxylation is 2. The van der Waals surface area contributed by atoms with E-state index in [4.69, 9.17) is 10.5 Å². The first-order chi connectivity index (χ1) is 8.93. The van der Waals surface area contributed by atoms with Gasteiger partial charge in [-0.05, 0) is 27.7 Å². The average Bonchev–Trinajstić information content (AvgIpc) is 2.63. The van der Waals surface area contributed by atoms with Gasteiger partial charge in [-0.25, -0.2) is 0 Å². The number of nitrogen functional groups attached to an aromatic ring is 1. The van der Waals surface area contributed by atoms with Crippen molar-refractivity contribution in [3.8, 4) is 0 Å². The van der Waals surface area contributed by atoms with Crippen molar-refractivity contribution in [2.45, 2.75) is 46.4 Å². The van der Waals surface area contributed by atoms with Gasteiger partial charge in [0.1, 0.15) is 5.69 Å². The third-order valence-corrected chi connectivity index (χ3v) is 3.38. The number of amides is 1. The lowest BCUT2D eigenvalue weighted by Gasteiger charge is -2.35. The minimum Gasteiger partial charge on any atom is -0.395 e. The van der Waals surface area contributed by atoms with Crippen LogP contribution >= 0.6 is 0 Å². The fourth-order valence-corrected chi connectivity index (χ4v) is 2.54. The van der Waals surface area contributed by atoms with E-state index in [1.807, 2.05) is 27.7 Å². The summed E-state index contributed by atoms with van der Waals surface area (Å²) in [7, 11) is 0. The molecule has 2 heterocycles. The maximum Gasteiger partial charge on any atom is 0.274 e. The lowest BCUT2D eigenvalue weighted by molar-refractivity contribution is -0.0588. The lowest BCUT2D eigenvalue weighted by Crippen LogP contribution is -2.48. The first-order valence-corrected chi connectivity index (χ1v) is 6.71. The Hall–Kier alpha value is -1.56. The molecule has 1 fully saturated rings. The molecule has 1 amide bonds. The molecule has 0 bridgehead atoms. The van der Waals surface area contributed by atoms with Crippen LogP contribution in [0.15, 0.2) is 0 Å². The highest BCUT2D eigenvalue weighted by Gasteiger charge is 2.30. The van der Waals surface area contributed by atoms with Crippen LogP contribution in [0.2, 0.25) is 0 Å². The Morgan fingerprint density at radius 1 is 1.42 bits per heavy atom. The Morgan fingerprint density at radius 2 is 2.00 bits per heavy atom. The molecular weight excluding hydrogens is 244 g/mol. The van der Waals surface area contributed by atoms with Crippen molar-refractivity contribution < 1.29 is 9.53 Å². The average molecular weight is 266 g/mol. The number of nitrogens with zero attached hydrogens (tertiary/aromatic N) is 3. The predicted octanol–water partition coefficient (Wildman–Crippen LogP) is 1.04. The molecule has 1 aliphatic heterocycles. The molecule has 1 aromatic rings. The van der Waals surface area contributed by atoms with E-state index in [-0.39, 0.29) is 18.1 Å². The summed E-state index contributed by atoms with van der Waals surface area (Å²) in [4.78, 5) is 14.4. The smallest absolute Gasteiger partial charge is 0.274 e. The number of rotatable bonds is 2. The molecule has 0 aliphatic carbocycles. The Labute approximate surface area is 113 Å². The van der Waals surface area contributed by atoms with Crippen molar-refractivity contribution in [3.05, 3.63) is 11.4 Å². The van der Waals surface area contributed by atoms with Gasteiger partial charge in [0.05, 0.1) is 23.6 Å². The number of carbonyl (C=O) groups excluding carboxylic acids is 1. The molecule has 6 nitrogen and oxygen atoms in total. The lowest BCUT2D eigenvalue weighted by atomic mass is 10.2. The van der Waals surface area contributed by atoms with E-state index in [1.54, 1.807) is 9.58 Å². The zero-order valence-electron chi connectivity index (χ0n) is 12.0. The van der Waals surface area contributed by atoms with Gasteiger partial charge in [0.15, 0.2) is 0 Å². The van der Waals surface area contributed by atoms with Gasteiger partial charge in [-0.2, -0.15) is 5.10 Å². The maximum absolute atomic E-state index is 12.6. The molecule has 1 aliphatic rings. The first kappa shape index (κ1) is 13.9. The van der Waals surface area contributed by atoms with Crippen molar-refractivity contribution in [1.29, 1.82) is 0 Å². The molecule has 2 unspecified atom stereocenters. The summed E-state index contributed by atoms with van der Waals surface area (Å²) in [5.74, 6) is -0.0537. The minimum absolute atomic E-state index is 0.0491. The van der Waals surface area contributed by atoms with Crippen molar-refractivity contribution in [3.63, 3.8) is 0 Å². The molecule has 0 radical (unpaired) electrons. The molecule has 1 aromatic heterocycles. The highest BCUT2D eigenvalue weighted by atomic mass is 16.5. The maximum atomic E-state index is 12.6. The Bertz CT molecular complexity index is 473. The molecule has 0 aromatic carbocycles. The van der Waals surface area contributed by atoms with E-state index in [1.165, 1.54) is 0 Å². The highest BCUT2D eigenvalue weighted by molar-refractivity contribution is 5.98. The summed E-state index contributed by atoms with van der Waals surface area (Å²) in [5.41, 5.74) is 7.69. The van der Waals surface area contributed by atoms with Gasteiger partial charge < -0.3 is 15.4 Å². The van der Waals surface area contributed by atoms with Gasteiger partial charge in [-0.3, -0.25) is 9.48 Å². The van der Waals surface area contributed by atoms with Crippen LogP contribution < -0.4 is 5.73 Å². The molecule has 1 saturated heterocycles. The topological polar surface area (TPSA) is 73.4 Å². The van der Waals surface area contributed by atoms with E-state index < -0.39 is 0 Å². The normalized spacial score (nSPS) is 23.7. The molecule has 19 heavy (non-hydrogen) atoms. The van der Waals surface area contributed by atoms with Crippen molar-refractivity contribution in [1.82, 2.24) is 14.7 Å². The first-order valence-electron chi connectivity index (χ1n) is 6.71. The Morgan fingerprint density at radius 3 is 2.53 bits per heavy atom. The molecule has 6 heteroatoms. The zero-order valence-corrected chi connectivity index (χ0v) is 12.0. The number of aromatic nitrogens is 2. The third-order valence-electron chi connectivity index (χ3n) is 3.38. The van der Waals surface area contributed by atoms with Gasteiger partial charge in [-0.15, -0.1) is 0 Å². The standard InChI is InChI=1S/C13H22N4O2/c1-5-17-12(11(14)10(4)15-17)13(18)16-6-8(2)19-9(3)7-16/h8-9H,5-7,14H2,1-4H3. The summed E-state index contributed by atoms with van der Waals surface area (Å²) in [5, 5.41) is 4.30. The molecule has 106 valence electrons. The van der Waals surface area contributed by atoms with Crippen LogP contribution in [0.3, 0.4) is 0 Å². The van der Waals surface area contributed by atoms with E-state index in [2.05, 4.69) is 5.10 Å². The number of hydrogen-bond donors (Lipinski definition) is 1. The summed E-state index contributed by atoms with van der Waals surface area (Å²) >= 11 is 0. The number of hydrogen-bond acceptors (Lipinski definition) is 4. The van der Waals surface area contributed by atoms with Gasteiger partial charge >= 0.3 is 0 Å². The van der Waals surface area contributed by atoms with E-state index in [0.717, 1.165) is 0 Å². The minimum atomic E-state index is -0.0537. The van der Waals surface area contributed by atoms with E-state index >= 15 is 0 Å². The molecule has 2 N–H and O–H groups in total. The summed E-state index contributed by atoms with van der Waals surface area (Å²) in [6.45, 7) is 9.54. The van der Waals surface area contributed by atoms with Gasteiger partial charge in [0, 0.05) is 19.6 Å². The van der Waals surface area contributed by atoms with Crippen LogP contribution in [-0.2, 0) is 11.3 Å². The fraction of sp³-hybridized carbons (Fsp3) is 0.692. The van der Waals surface area contributed by atoms with Gasteiger partial charge in [0.25, 0.3) is 5.91 Å². The monoisotopic (exact) mass is 266 g/mol. The summed E-state index contributed by atoms with van der Waals surface area (Å²) in [6.07, 6.45) is 0.0982. The van der Waals surface area contributed by atoms with E-state index in [9.17, 15) is 4.79 Å². The summed E-state index contributed by atoms with van der Waals surface area (Å²) < 4.78 is 7.33. The summed E-state index contributed by atoms with van der Waals surface area (Å²) in [6, 6.07) is 0. The third kappa shape index (κ3) is 2.58. The van der Waals surface area contributed by atoms with Crippen LogP contribution in [-0.4, -0.2) is 45.9 Å². The number of morpholine rings is 1. The SMILES string of the molecule is CCn1nc(C)c(N)c1C(=O)N1CC(C)OC(C)C1. The van der Waals surface area contributed by atoms with Crippen LogP contribution in [0.1, 0.15) is 37.0 Å². The second-order valence-electron chi connectivity index (χ2n) is 5.13. The quantitative estimate of drug-likeness (QED) is 0.868. The van der Waals surface area contributed by atoms with Crippen LogP contribution in [0, 0.1) is 6.92 Å². The molecular formula is C13H22N4O2. The largest absolute Gasteiger partial charge is 0.395 e. The highest BCUT2D eigenvalue weighted by Crippen LogP contribution is 2.21. The molecule has 2 rings (SSSR count). The van der Waals surface area contributed by atoms with Crippen molar-refractivity contribution >= 4 is 11.6 Å². The van der Waals surface area contributed by atoms with Crippen LogP contribution in [0.4, 0.5) is 5.69 Å². The van der Waals surface area contributed by atoms with Gasteiger partial charge in [-0.1, -0.05) is 0 Å². The van der Waals surface area contributed by atoms with E-state index in [0.29, 0.717) is 36.7 Å². The second-order valence-corrected chi connectivity index (χ2v) is 5.13. The van der Waals surface area contributed by atoms with Crippen molar-refractivity contribution in [2.24, 2.45) is 0 Å². The van der Waals surface area contributed by atoms with Gasteiger partial charge in [0.2, 0.25) is 0 Å². The number of nitrogens with two attached hydrogens (primary N) is 1.